The van der Waals surface area contributed by atoms with Crippen LogP contribution >= 0.6 is 23.2 Å². The number of methoxy groups -OCH3 is 1. The molecule has 3 amide bonds. The second-order valence-corrected chi connectivity index (χ2v) is 6.44. The lowest BCUT2D eigenvalue weighted by atomic mass is 10.1. The Morgan fingerprint density at radius 3 is 2.00 bits per heavy atom. The molecule has 0 aromatic heterocycles. The van der Waals surface area contributed by atoms with Crippen LogP contribution in [-0.2, 0) is 9.53 Å². The summed E-state index contributed by atoms with van der Waals surface area (Å²) in [6, 6.07) is 8.59. The van der Waals surface area contributed by atoms with Gasteiger partial charge in [0, 0.05) is 5.69 Å². The number of carbonyl (C=O) groups excluding carboxylic acids is 4. The second kappa shape index (κ2) is 7.38. The van der Waals surface area contributed by atoms with E-state index in [2.05, 4.69) is 10.1 Å². The molecule has 0 saturated carbocycles. The molecule has 1 aliphatic rings. The number of nitrogens with zero attached hydrogens (tertiary/aromatic N) is 1. The molecule has 138 valence electrons. The number of anilines is 1. The van der Waals surface area contributed by atoms with E-state index in [4.69, 9.17) is 23.2 Å². The number of esters is 1. The van der Waals surface area contributed by atoms with Crippen LogP contribution in [0.3, 0.4) is 0 Å². The fraction of sp³-hybridized carbons (Fsp3) is 0.111. The molecule has 2 aromatic rings. The van der Waals surface area contributed by atoms with Gasteiger partial charge in [0.15, 0.2) is 0 Å². The number of hydrogen-bond donors (Lipinski definition) is 1. The van der Waals surface area contributed by atoms with Crippen LogP contribution in [-0.4, -0.2) is 42.2 Å². The van der Waals surface area contributed by atoms with E-state index in [1.54, 1.807) is 0 Å². The molecule has 1 aliphatic heterocycles. The fourth-order valence-corrected chi connectivity index (χ4v) is 2.91. The minimum atomic E-state index is -0.621. The molecule has 9 heteroatoms. The van der Waals surface area contributed by atoms with Gasteiger partial charge in [0.1, 0.15) is 6.54 Å². The number of rotatable bonds is 4. The lowest BCUT2D eigenvalue weighted by Gasteiger charge is -2.13. The first-order valence-electron chi connectivity index (χ1n) is 7.65. The van der Waals surface area contributed by atoms with Gasteiger partial charge >= 0.3 is 5.97 Å². The van der Waals surface area contributed by atoms with Crippen LogP contribution in [0.15, 0.2) is 36.4 Å². The third kappa shape index (κ3) is 3.65. The van der Waals surface area contributed by atoms with E-state index in [9.17, 15) is 19.2 Å². The molecule has 27 heavy (non-hydrogen) atoms. The monoisotopic (exact) mass is 406 g/mol. The lowest BCUT2D eigenvalue weighted by Crippen LogP contribution is -2.37. The van der Waals surface area contributed by atoms with Gasteiger partial charge in [0.05, 0.1) is 33.8 Å². The second-order valence-electron chi connectivity index (χ2n) is 5.63. The number of hydrogen-bond acceptors (Lipinski definition) is 5. The number of ether oxygens (including phenoxy) is 1. The maximum atomic E-state index is 12.4. The van der Waals surface area contributed by atoms with Gasteiger partial charge in [-0.15, -0.1) is 0 Å². The SMILES string of the molecule is COC(=O)c1ccc(NC(=O)CN2C(=O)c3cc(Cl)c(Cl)cc3C2=O)cc1. The van der Waals surface area contributed by atoms with Crippen molar-refractivity contribution in [3.63, 3.8) is 0 Å². The highest BCUT2D eigenvalue weighted by molar-refractivity contribution is 6.43. The minimum Gasteiger partial charge on any atom is -0.465 e. The summed E-state index contributed by atoms with van der Waals surface area (Å²) < 4.78 is 4.59. The van der Waals surface area contributed by atoms with E-state index in [0.29, 0.717) is 11.3 Å². The van der Waals surface area contributed by atoms with Gasteiger partial charge < -0.3 is 10.1 Å². The predicted molar refractivity (Wildman–Crippen MR) is 98.2 cm³/mol. The molecule has 0 fully saturated rings. The molecule has 2 aromatic carbocycles. The minimum absolute atomic E-state index is 0.102. The quantitative estimate of drug-likeness (QED) is 0.622. The largest absolute Gasteiger partial charge is 0.465 e. The Labute approximate surface area is 163 Å². The summed E-state index contributed by atoms with van der Waals surface area (Å²) in [6.07, 6.45) is 0. The van der Waals surface area contributed by atoms with Gasteiger partial charge in [-0.25, -0.2) is 4.79 Å². The fourth-order valence-electron chi connectivity index (χ4n) is 2.58. The van der Waals surface area contributed by atoms with Crippen LogP contribution in [0, 0.1) is 0 Å². The van der Waals surface area contributed by atoms with Gasteiger partial charge in [-0.3, -0.25) is 19.3 Å². The van der Waals surface area contributed by atoms with Crippen LogP contribution < -0.4 is 5.32 Å². The van der Waals surface area contributed by atoms with Gasteiger partial charge in [0.25, 0.3) is 11.8 Å². The molecule has 0 aliphatic carbocycles. The summed E-state index contributed by atoms with van der Waals surface area (Å²) in [6.45, 7) is -0.472. The summed E-state index contributed by atoms with van der Waals surface area (Å²) in [5.74, 6) is -2.32. The molecule has 0 atom stereocenters. The summed E-state index contributed by atoms with van der Waals surface area (Å²) in [4.78, 5) is 49.2. The molecular formula is C18H12Cl2N2O5. The van der Waals surface area contributed by atoms with E-state index in [-0.39, 0.29) is 21.2 Å². The molecule has 1 N–H and O–H groups in total. The van der Waals surface area contributed by atoms with Crippen molar-refractivity contribution >= 4 is 52.6 Å². The van der Waals surface area contributed by atoms with Crippen molar-refractivity contribution in [1.29, 1.82) is 0 Å². The summed E-state index contributed by atoms with van der Waals surface area (Å²) in [5, 5.41) is 2.85. The smallest absolute Gasteiger partial charge is 0.337 e. The Morgan fingerprint density at radius 2 is 1.52 bits per heavy atom. The first-order chi connectivity index (χ1) is 12.8. The zero-order chi connectivity index (χ0) is 19.7. The number of benzene rings is 2. The van der Waals surface area contributed by atoms with Gasteiger partial charge in [-0.2, -0.15) is 0 Å². The number of amides is 3. The number of nitrogens with one attached hydrogen (secondary N) is 1. The molecule has 1 heterocycles. The third-order valence-electron chi connectivity index (χ3n) is 3.90. The number of fused-ring (bicyclic) bond motifs is 1. The van der Waals surface area contributed by atoms with E-state index in [1.807, 2.05) is 0 Å². The van der Waals surface area contributed by atoms with Crippen LogP contribution in [0.1, 0.15) is 31.1 Å². The molecule has 7 nitrogen and oxygen atoms in total. The average molecular weight is 407 g/mol. The van der Waals surface area contributed by atoms with E-state index in [0.717, 1.165) is 4.90 Å². The molecule has 0 radical (unpaired) electrons. The topological polar surface area (TPSA) is 92.8 Å². The molecule has 0 unspecified atom stereocenters. The van der Waals surface area contributed by atoms with Crippen molar-refractivity contribution in [2.75, 3.05) is 19.0 Å². The van der Waals surface area contributed by atoms with E-state index < -0.39 is 30.2 Å². The number of halogens is 2. The molecule has 3 rings (SSSR count). The van der Waals surface area contributed by atoms with Crippen molar-refractivity contribution < 1.29 is 23.9 Å². The maximum Gasteiger partial charge on any atom is 0.337 e. The van der Waals surface area contributed by atoms with Crippen LogP contribution in [0.4, 0.5) is 5.69 Å². The first-order valence-corrected chi connectivity index (χ1v) is 8.41. The molecule has 0 saturated heterocycles. The standard InChI is InChI=1S/C18H12Cl2N2O5/c1-27-18(26)9-2-4-10(5-3-9)21-15(23)8-22-16(24)11-6-13(19)14(20)7-12(11)17(22)25/h2-7H,8H2,1H3,(H,21,23). The van der Waals surface area contributed by atoms with E-state index >= 15 is 0 Å². The Kier molecular flexibility index (Phi) is 5.16. The first kappa shape index (κ1) is 18.9. The molecule has 0 spiro atoms. The highest BCUT2D eigenvalue weighted by atomic mass is 35.5. The summed E-state index contributed by atoms with van der Waals surface area (Å²) >= 11 is 11.8. The highest BCUT2D eigenvalue weighted by Gasteiger charge is 2.37. The number of imide groups is 1. The zero-order valence-corrected chi connectivity index (χ0v) is 15.4. The van der Waals surface area contributed by atoms with Crippen LogP contribution in [0.5, 0.6) is 0 Å². The van der Waals surface area contributed by atoms with Crippen molar-refractivity contribution in [3.05, 3.63) is 63.1 Å². The number of carbonyl (C=O) groups is 4. The highest BCUT2D eigenvalue weighted by Crippen LogP contribution is 2.31. The van der Waals surface area contributed by atoms with Gasteiger partial charge in [0.2, 0.25) is 5.91 Å². The Hall–Kier alpha value is -2.90. The average Bonchev–Trinajstić information content (AvgIpc) is 2.86. The predicted octanol–water partition coefficient (Wildman–Crippen LogP) is 3.01. The lowest BCUT2D eigenvalue weighted by molar-refractivity contribution is -0.116. The third-order valence-corrected chi connectivity index (χ3v) is 4.63. The molecule has 0 bridgehead atoms. The Morgan fingerprint density at radius 1 is 1.00 bits per heavy atom. The van der Waals surface area contributed by atoms with Crippen molar-refractivity contribution in [3.8, 4) is 0 Å². The van der Waals surface area contributed by atoms with Crippen LogP contribution in [0.25, 0.3) is 0 Å². The van der Waals surface area contributed by atoms with Gasteiger partial charge in [-0.1, -0.05) is 23.2 Å². The van der Waals surface area contributed by atoms with Crippen molar-refractivity contribution in [2.45, 2.75) is 0 Å². The molecular weight excluding hydrogens is 395 g/mol. The van der Waals surface area contributed by atoms with Gasteiger partial charge in [-0.05, 0) is 36.4 Å². The normalized spacial score (nSPS) is 12.8. The Bertz CT molecular complexity index is 931. The Balaban J connectivity index is 1.70. The maximum absolute atomic E-state index is 12.4. The summed E-state index contributed by atoms with van der Waals surface area (Å²) in [5.41, 5.74) is 0.925. The van der Waals surface area contributed by atoms with Crippen molar-refractivity contribution in [1.82, 2.24) is 4.90 Å². The van der Waals surface area contributed by atoms with E-state index in [1.165, 1.54) is 43.5 Å². The van der Waals surface area contributed by atoms with Crippen molar-refractivity contribution in [2.24, 2.45) is 0 Å². The summed E-state index contributed by atoms with van der Waals surface area (Å²) in [7, 11) is 1.26. The van der Waals surface area contributed by atoms with Crippen LogP contribution in [0.2, 0.25) is 10.0 Å². The zero-order valence-electron chi connectivity index (χ0n) is 13.9.